The van der Waals surface area contributed by atoms with Gasteiger partial charge in [-0.2, -0.15) is 0 Å². The van der Waals surface area contributed by atoms with Gasteiger partial charge in [-0.15, -0.1) is 0 Å². The Kier molecular flexibility index (Phi) is 6.40. The number of hydrogen-bond acceptors (Lipinski definition) is 1. The second kappa shape index (κ2) is 6.42. The van der Waals surface area contributed by atoms with Crippen molar-refractivity contribution in [2.24, 2.45) is 0 Å². The third kappa shape index (κ3) is 2.98. The fourth-order valence-electron chi connectivity index (χ4n) is 2.39. The van der Waals surface area contributed by atoms with Gasteiger partial charge in [-0.1, -0.05) is 27.7 Å². The van der Waals surface area contributed by atoms with Crippen LogP contribution in [-0.2, 0) is 0 Å². The standard InChI is InChI=1S/C8H15N.2C2H6/c1-8-4-2-6-9(8)7-3-5-8;2*1-2/h2-7H2,1H3;2*1-2H3. The van der Waals surface area contributed by atoms with Gasteiger partial charge < -0.3 is 0 Å². The largest absolute Gasteiger partial charge is 0.298 e. The molecular weight excluding hydrogens is 158 g/mol. The lowest BCUT2D eigenvalue weighted by Gasteiger charge is -2.26. The van der Waals surface area contributed by atoms with E-state index in [0.29, 0.717) is 5.54 Å². The van der Waals surface area contributed by atoms with Gasteiger partial charge in [-0.3, -0.25) is 4.90 Å². The van der Waals surface area contributed by atoms with Crippen LogP contribution in [0.15, 0.2) is 0 Å². The van der Waals surface area contributed by atoms with Crippen LogP contribution >= 0.6 is 0 Å². The Morgan fingerprint density at radius 3 is 1.54 bits per heavy atom. The molecule has 0 aromatic rings. The van der Waals surface area contributed by atoms with Crippen molar-refractivity contribution >= 4 is 0 Å². The molecule has 80 valence electrons. The van der Waals surface area contributed by atoms with Gasteiger partial charge in [0.25, 0.3) is 0 Å². The first-order chi connectivity index (χ1) is 6.31. The molecule has 1 nitrogen and oxygen atoms in total. The first-order valence-corrected chi connectivity index (χ1v) is 6.06. The topological polar surface area (TPSA) is 3.24 Å². The number of rotatable bonds is 0. The number of fused-ring (bicyclic) bond motifs is 1. The Hall–Kier alpha value is -0.0400. The van der Waals surface area contributed by atoms with Crippen LogP contribution in [0.1, 0.15) is 60.3 Å². The fraction of sp³-hybridized carbons (Fsp3) is 1.00. The van der Waals surface area contributed by atoms with Crippen molar-refractivity contribution in [1.82, 2.24) is 4.90 Å². The highest BCUT2D eigenvalue weighted by molar-refractivity contribution is 4.96. The van der Waals surface area contributed by atoms with E-state index in [4.69, 9.17) is 0 Å². The van der Waals surface area contributed by atoms with Crippen LogP contribution in [0.3, 0.4) is 0 Å². The lowest BCUT2D eigenvalue weighted by molar-refractivity contribution is 0.218. The zero-order chi connectivity index (χ0) is 10.3. The van der Waals surface area contributed by atoms with Crippen molar-refractivity contribution in [3.8, 4) is 0 Å². The monoisotopic (exact) mass is 185 g/mol. The summed E-state index contributed by atoms with van der Waals surface area (Å²) in [6.07, 6.45) is 5.78. The van der Waals surface area contributed by atoms with E-state index in [0.717, 1.165) is 0 Å². The molecule has 0 amide bonds. The van der Waals surface area contributed by atoms with Crippen LogP contribution in [0.5, 0.6) is 0 Å². The van der Waals surface area contributed by atoms with E-state index in [2.05, 4.69) is 11.8 Å². The highest BCUT2D eigenvalue weighted by atomic mass is 15.2. The summed E-state index contributed by atoms with van der Waals surface area (Å²) in [5.74, 6) is 0. The molecular formula is C12H27N. The highest BCUT2D eigenvalue weighted by Crippen LogP contribution is 2.37. The molecule has 2 rings (SSSR count). The molecule has 0 aliphatic carbocycles. The van der Waals surface area contributed by atoms with Crippen LogP contribution in [0, 0.1) is 0 Å². The van der Waals surface area contributed by atoms with Gasteiger partial charge in [0.05, 0.1) is 0 Å². The third-order valence-corrected chi connectivity index (χ3v) is 3.05. The molecule has 0 N–H and O–H groups in total. The van der Waals surface area contributed by atoms with Crippen molar-refractivity contribution in [3.05, 3.63) is 0 Å². The second-order valence-electron chi connectivity index (χ2n) is 3.69. The summed E-state index contributed by atoms with van der Waals surface area (Å²) >= 11 is 0. The van der Waals surface area contributed by atoms with Crippen molar-refractivity contribution in [3.63, 3.8) is 0 Å². The predicted octanol–water partition coefficient (Wildman–Crippen LogP) is 3.69. The molecule has 0 unspecified atom stereocenters. The maximum atomic E-state index is 2.66. The van der Waals surface area contributed by atoms with Crippen molar-refractivity contribution in [1.29, 1.82) is 0 Å². The van der Waals surface area contributed by atoms with Crippen LogP contribution in [0.4, 0.5) is 0 Å². The Morgan fingerprint density at radius 2 is 1.23 bits per heavy atom. The second-order valence-corrected chi connectivity index (χ2v) is 3.69. The Bertz CT molecular complexity index is 110. The van der Waals surface area contributed by atoms with Gasteiger partial charge in [0.2, 0.25) is 0 Å². The average molecular weight is 185 g/mol. The summed E-state index contributed by atoms with van der Waals surface area (Å²) in [5, 5.41) is 0. The van der Waals surface area contributed by atoms with Gasteiger partial charge >= 0.3 is 0 Å². The fourth-order valence-corrected chi connectivity index (χ4v) is 2.39. The first-order valence-electron chi connectivity index (χ1n) is 6.06. The van der Waals surface area contributed by atoms with Crippen LogP contribution < -0.4 is 0 Å². The van der Waals surface area contributed by atoms with E-state index in [-0.39, 0.29) is 0 Å². The lowest BCUT2D eigenvalue weighted by atomic mass is 9.97. The third-order valence-electron chi connectivity index (χ3n) is 3.05. The maximum Gasteiger partial charge on any atom is 0.0182 e. The van der Waals surface area contributed by atoms with E-state index in [1.54, 1.807) is 0 Å². The normalized spacial score (nSPS) is 23.8. The van der Waals surface area contributed by atoms with Gasteiger partial charge in [-0.25, -0.2) is 0 Å². The van der Waals surface area contributed by atoms with E-state index in [9.17, 15) is 0 Å². The summed E-state index contributed by atoms with van der Waals surface area (Å²) in [5.41, 5.74) is 0.639. The van der Waals surface area contributed by atoms with E-state index in [1.165, 1.54) is 38.8 Å². The molecule has 0 radical (unpaired) electrons. The molecule has 0 atom stereocenters. The maximum absolute atomic E-state index is 2.66. The SMILES string of the molecule is CC.CC.CC12CCCN1CCC2. The summed E-state index contributed by atoms with van der Waals surface area (Å²) < 4.78 is 0. The smallest absolute Gasteiger partial charge is 0.0182 e. The predicted molar refractivity (Wildman–Crippen MR) is 61.1 cm³/mol. The summed E-state index contributed by atoms with van der Waals surface area (Å²) in [7, 11) is 0. The molecule has 2 saturated heterocycles. The minimum Gasteiger partial charge on any atom is -0.298 e. The van der Waals surface area contributed by atoms with Crippen LogP contribution in [0.2, 0.25) is 0 Å². The molecule has 0 aromatic heterocycles. The minimum atomic E-state index is 0.639. The zero-order valence-corrected chi connectivity index (χ0v) is 10.2. The molecule has 13 heavy (non-hydrogen) atoms. The first kappa shape index (κ1) is 13.0. The van der Waals surface area contributed by atoms with Crippen molar-refractivity contribution in [2.45, 2.75) is 65.8 Å². The highest BCUT2D eigenvalue weighted by Gasteiger charge is 2.39. The van der Waals surface area contributed by atoms with Gasteiger partial charge in [0.1, 0.15) is 0 Å². The quantitative estimate of drug-likeness (QED) is 0.556. The molecule has 0 saturated carbocycles. The molecule has 2 heterocycles. The van der Waals surface area contributed by atoms with Gasteiger partial charge in [-0.05, 0) is 45.7 Å². The molecule has 0 spiro atoms. The molecule has 0 bridgehead atoms. The molecule has 2 aliphatic heterocycles. The molecule has 0 aromatic carbocycles. The minimum absolute atomic E-state index is 0.639. The van der Waals surface area contributed by atoms with Crippen LogP contribution in [0.25, 0.3) is 0 Å². The lowest BCUT2D eigenvalue weighted by Crippen LogP contribution is -2.34. The van der Waals surface area contributed by atoms with Gasteiger partial charge in [0, 0.05) is 5.54 Å². The molecule has 2 aliphatic rings. The van der Waals surface area contributed by atoms with Crippen molar-refractivity contribution in [2.75, 3.05) is 13.1 Å². The van der Waals surface area contributed by atoms with E-state index < -0.39 is 0 Å². The van der Waals surface area contributed by atoms with Gasteiger partial charge in [0.15, 0.2) is 0 Å². The molecule has 1 heteroatoms. The Labute approximate surface area is 84.5 Å². The summed E-state index contributed by atoms with van der Waals surface area (Å²) in [4.78, 5) is 2.66. The summed E-state index contributed by atoms with van der Waals surface area (Å²) in [6.45, 7) is 13.2. The number of nitrogens with zero attached hydrogens (tertiary/aromatic N) is 1. The van der Waals surface area contributed by atoms with E-state index >= 15 is 0 Å². The average Bonchev–Trinajstić information content (AvgIpc) is 2.69. The summed E-state index contributed by atoms with van der Waals surface area (Å²) in [6, 6.07) is 0. The Morgan fingerprint density at radius 1 is 0.846 bits per heavy atom. The Balaban J connectivity index is 0.000000322. The molecule has 2 fully saturated rings. The van der Waals surface area contributed by atoms with Crippen LogP contribution in [-0.4, -0.2) is 23.5 Å². The van der Waals surface area contributed by atoms with Crippen molar-refractivity contribution < 1.29 is 0 Å². The van der Waals surface area contributed by atoms with E-state index in [1.807, 2.05) is 27.7 Å². The zero-order valence-electron chi connectivity index (χ0n) is 10.2. The number of hydrogen-bond donors (Lipinski definition) is 0.